The summed E-state index contributed by atoms with van der Waals surface area (Å²) in [6.07, 6.45) is 1.05. The fraction of sp³-hybridized carbons (Fsp3) is 0.583. The number of hydrogen-bond donors (Lipinski definition) is 1. The monoisotopic (exact) mass is 255 g/mol. The van der Waals surface area contributed by atoms with Gasteiger partial charge in [-0.3, -0.25) is 4.79 Å². The van der Waals surface area contributed by atoms with E-state index in [0.29, 0.717) is 5.92 Å². The maximum absolute atomic E-state index is 11.8. The van der Waals surface area contributed by atoms with Gasteiger partial charge in [-0.15, -0.1) is 11.3 Å². The van der Waals surface area contributed by atoms with Gasteiger partial charge in [0, 0.05) is 22.9 Å². The molecule has 0 unspecified atom stereocenters. The van der Waals surface area contributed by atoms with E-state index in [0.717, 1.165) is 29.3 Å². The minimum absolute atomic E-state index is 0.102. The van der Waals surface area contributed by atoms with Gasteiger partial charge < -0.3 is 5.32 Å². The molecule has 88 valence electrons. The lowest BCUT2D eigenvalue weighted by Crippen LogP contribution is -2.24. The first-order chi connectivity index (χ1) is 7.66. The summed E-state index contributed by atoms with van der Waals surface area (Å²) in [5.74, 6) is 2.90. The second kappa shape index (κ2) is 5.23. The van der Waals surface area contributed by atoms with Crippen LogP contribution in [-0.2, 0) is 11.5 Å². The van der Waals surface area contributed by atoms with Crippen molar-refractivity contribution in [1.29, 1.82) is 0 Å². The van der Waals surface area contributed by atoms with Crippen LogP contribution in [0.5, 0.6) is 0 Å². The average Bonchev–Trinajstić information content (AvgIpc) is 2.75. The van der Waals surface area contributed by atoms with Crippen LogP contribution in [0.1, 0.15) is 40.4 Å². The maximum Gasteiger partial charge on any atom is 0.261 e. The highest BCUT2D eigenvalue weighted by molar-refractivity contribution is 7.98. The molecule has 0 saturated heterocycles. The molecule has 1 N–H and O–H groups in total. The van der Waals surface area contributed by atoms with Crippen molar-refractivity contribution in [3.63, 3.8) is 0 Å². The van der Waals surface area contributed by atoms with E-state index in [-0.39, 0.29) is 5.91 Å². The van der Waals surface area contributed by atoms with Gasteiger partial charge in [-0.05, 0) is 24.0 Å². The molecule has 4 heteroatoms. The molecule has 1 aromatic rings. The molecule has 0 radical (unpaired) electrons. The van der Waals surface area contributed by atoms with Crippen LogP contribution in [-0.4, -0.2) is 12.5 Å². The van der Waals surface area contributed by atoms with Gasteiger partial charge in [0.2, 0.25) is 0 Å². The molecule has 1 aromatic heterocycles. The molecule has 2 heterocycles. The number of nitrogens with one attached hydrogen (secondary N) is 1. The van der Waals surface area contributed by atoms with Gasteiger partial charge in [0.25, 0.3) is 5.91 Å². The van der Waals surface area contributed by atoms with Crippen LogP contribution < -0.4 is 5.32 Å². The van der Waals surface area contributed by atoms with Crippen molar-refractivity contribution in [2.24, 2.45) is 5.92 Å². The van der Waals surface area contributed by atoms with Crippen molar-refractivity contribution in [3.8, 4) is 0 Å². The third kappa shape index (κ3) is 2.80. The fourth-order valence-electron chi connectivity index (χ4n) is 1.64. The van der Waals surface area contributed by atoms with Gasteiger partial charge in [0.1, 0.15) is 0 Å². The number of thiophene rings is 1. The number of thioether (sulfide) groups is 1. The Hall–Kier alpha value is -0.480. The van der Waals surface area contributed by atoms with Crippen molar-refractivity contribution in [2.45, 2.75) is 31.8 Å². The van der Waals surface area contributed by atoms with E-state index in [1.54, 1.807) is 11.3 Å². The number of carbonyl (C=O) groups is 1. The van der Waals surface area contributed by atoms with Gasteiger partial charge in [-0.1, -0.05) is 13.8 Å². The van der Waals surface area contributed by atoms with Crippen molar-refractivity contribution in [3.05, 3.63) is 21.4 Å². The number of amides is 1. The Kier molecular flexibility index (Phi) is 3.92. The summed E-state index contributed by atoms with van der Waals surface area (Å²) in [6.45, 7) is 5.12. The first-order valence-electron chi connectivity index (χ1n) is 5.64. The average molecular weight is 255 g/mol. The molecule has 0 spiro atoms. The molecule has 0 aliphatic carbocycles. The molecule has 0 saturated carbocycles. The predicted octanol–water partition coefficient (Wildman–Crippen LogP) is 3.27. The molecule has 0 atom stereocenters. The molecular formula is C12H17NOS2. The highest BCUT2D eigenvalue weighted by Crippen LogP contribution is 2.36. The van der Waals surface area contributed by atoms with Crippen molar-refractivity contribution < 1.29 is 4.79 Å². The van der Waals surface area contributed by atoms with E-state index in [4.69, 9.17) is 0 Å². The molecular weight excluding hydrogens is 238 g/mol. The highest BCUT2D eigenvalue weighted by Gasteiger charge is 2.18. The zero-order chi connectivity index (χ0) is 11.5. The zero-order valence-corrected chi connectivity index (χ0v) is 11.3. The second-order valence-corrected chi connectivity index (χ2v) is 6.61. The van der Waals surface area contributed by atoms with Gasteiger partial charge in [-0.2, -0.15) is 11.8 Å². The SMILES string of the molecule is CC(C)CCNC(=O)c1cc2c(s1)CSC2. The largest absolute Gasteiger partial charge is 0.351 e. The van der Waals surface area contributed by atoms with Crippen LogP contribution in [0.2, 0.25) is 0 Å². The van der Waals surface area contributed by atoms with Gasteiger partial charge in [-0.25, -0.2) is 0 Å². The normalized spacial score (nSPS) is 14.2. The summed E-state index contributed by atoms with van der Waals surface area (Å²) < 4.78 is 0. The Morgan fingerprint density at radius 2 is 2.31 bits per heavy atom. The summed E-state index contributed by atoms with van der Waals surface area (Å²) in [7, 11) is 0. The predicted molar refractivity (Wildman–Crippen MR) is 71.1 cm³/mol. The number of rotatable bonds is 4. The van der Waals surface area contributed by atoms with E-state index in [9.17, 15) is 4.79 Å². The number of carbonyl (C=O) groups excluding carboxylic acids is 1. The molecule has 2 rings (SSSR count). The van der Waals surface area contributed by atoms with Crippen LogP contribution in [0, 0.1) is 5.92 Å². The van der Waals surface area contributed by atoms with Crippen LogP contribution in [0.3, 0.4) is 0 Å². The highest BCUT2D eigenvalue weighted by atomic mass is 32.2. The Bertz CT molecular complexity index is 363. The molecule has 0 aromatic carbocycles. The molecule has 0 fully saturated rings. The topological polar surface area (TPSA) is 29.1 Å². The molecule has 0 bridgehead atoms. The van der Waals surface area contributed by atoms with E-state index in [2.05, 4.69) is 25.2 Å². The first kappa shape index (κ1) is 12.0. The molecule has 2 nitrogen and oxygen atoms in total. The van der Waals surface area contributed by atoms with Gasteiger partial charge in [0.05, 0.1) is 4.88 Å². The van der Waals surface area contributed by atoms with E-state index < -0.39 is 0 Å². The molecule has 16 heavy (non-hydrogen) atoms. The van der Waals surface area contributed by atoms with Crippen molar-refractivity contribution >= 4 is 29.0 Å². The van der Waals surface area contributed by atoms with Crippen molar-refractivity contribution in [1.82, 2.24) is 5.32 Å². The van der Waals surface area contributed by atoms with Gasteiger partial charge in [0.15, 0.2) is 0 Å². The Balaban J connectivity index is 1.89. The van der Waals surface area contributed by atoms with E-state index in [1.165, 1.54) is 10.4 Å². The quantitative estimate of drug-likeness (QED) is 0.894. The molecule has 1 aliphatic rings. The first-order valence-corrected chi connectivity index (χ1v) is 7.61. The fourth-order valence-corrected chi connectivity index (χ4v) is 4.06. The molecule has 1 amide bonds. The smallest absolute Gasteiger partial charge is 0.261 e. The summed E-state index contributed by atoms with van der Waals surface area (Å²) in [6, 6.07) is 2.06. The summed E-state index contributed by atoms with van der Waals surface area (Å²) in [4.78, 5) is 14.1. The van der Waals surface area contributed by atoms with Gasteiger partial charge >= 0.3 is 0 Å². The summed E-state index contributed by atoms with van der Waals surface area (Å²) in [5.41, 5.74) is 1.36. The second-order valence-electron chi connectivity index (χ2n) is 4.49. The number of hydrogen-bond acceptors (Lipinski definition) is 3. The minimum atomic E-state index is 0.102. The lowest BCUT2D eigenvalue weighted by molar-refractivity contribution is 0.0956. The lowest BCUT2D eigenvalue weighted by atomic mass is 10.1. The summed E-state index contributed by atoms with van der Waals surface area (Å²) >= 11 is 3.59. The van der Waals surface area contributed by atoms with Crippen molar-refractivity contribution in [2.75, 3.05) is 6.54 Å². The maximum atomic E-state index is 11.8. The van der Waals surface area contributed by atoms with Crippen LogP contribution >= 0.6 is 23.1 Å². The van der Waals surface area contributed by atoms with E-state index in [1.807, 2.05) is 11.8 Å². The number of fused-ring (bicyclic) bond motifs is 1. The van der Waals surface area contributed by atoms with Crippen LogP contribution in [0.25, 0.3) is 0 Å². The lowest BCUT2D eigenvalue weighted by Gasteiger charge is -2.05. The van der Waals surface area contributed by atoms with Crippen LogP contribution in [0.4, 0.5) is 0 Å². The zero-order valence-electron chi connectivity index (χ0n) is 9.71. The Labute approximate surface area is 105 Å². The Morgan fingerprint density at radius 1 is 1.50 bits per heavy atom. The third-order valence-electron chi connectivity index (χ3n) is 2.62. The standard InChI is InChI=1S/C12H17NOS2/c1-8(2)3-4-13-12(14)10-5-9-6-15-7-11(9)16-10/h5,8H,3-4,6-7H2,1-2H3,(H,13,14). The molecule has 1 aliphatic heterocycles. The Morgan fingerprint density at radius 3 is 3.00 bits per heavy atom. The van der Waals surface area contributed by atoms with E-state index >= 15 is 0 Å². The third-order valence-corrected chi connectivity index (χ3v) is 4.99. The minimum Gasteiger partial charge on any atom is -0.351 e. The summed E-state index contributed by atoms with van der Waals surface area (Å²) in [5, 5.41) is 2.98. The van der Waals surface area contributed by atoms with Crippen LogP contribution in [0.15, 0.2) is 6.07 Å².